The zero-order valence-electron chi connectivity index (χ0n) is 28.7. The SMILES string of the molecule is CC(NC(=O)[C@@H]1[C@@H]2[C@H](CN1C(=O)[C@@H](NC(=O)N[C@H](CN(C)C(=O)OC(C)(C)C)C(C)(C)C)C(C)(C)C)C2(C)C)C(=O)C(N)=O. The molecule has 13 heteroatoms. The van der Waals surface area contributed by atoms with Crippen molar-refractivity contribution in [1.82, 2.24) is 25.8 Å². The summed E-state index contributed by atoms with van der Waals surface area (Å²) in [7, 11) is 1.59. The molecule has 0 spiro atoms. The van der Waals surface area contributed by atoms with Gasteiger partial charge in [-0.05, 0) is 55.8 Å². The Hall–Kier alpha value is -3.38. The number of carbonyl (C=O) groups is 6. The van der Waals surface area contributed by atoms with Gasteiger partial charge in [0.2, 0.25) is 17.6 Å². The first-order valence-electron chi connectivity index (χ1n) is 15.2. The van der Waals surface area contributed by atoms with E-state index in [1.165, 1.54) is 16.7 Å². The topological polar surface area (TPSA) is 180 Å². The van der Waals surface area contributed by atoms with Crippen LogP contribution >= 0.6 is 0 Å². The van der Waals surface area contributed by atoms with Crippen molar-refractivity contribution < 1.29 is 33.5 Å². The fourth-order valence-corrected chi connectivity index (χ4v) is 5.76. The van der Waals surface area contributed by atoms with E-state index in [0.717, 1.165) is 0 Å². The molecule has 13 nitrogen and oxygen atoms in total. The number of Topliss-reactive ketones (excluding diaryl/α,β-unsaturated/α-hetero) is 1. The van der Waals surface area contributed by atoms with Crippen LogP contribution in [0.1, 0.15) is 83.1 Å². The van der Waals surface area contributed by atoms with Crippen LogP contribution in [-0.2, 0) is 23.9 Å². The molecule has 6 amide bonds. The van der Waals surface area contributed by atoms with Gasteiger partial charge >= 0.3 is 12.1 Å². The van der Waals surface area contributed by atoms with Gasteiger partial charge in [0.25, 0.3) is 5.91 Å². The van der Waals surface area contributed by atoms with Gasteiger partial charge in [-0.25, -0.2) is 9.59 Å². The Bertz CT molecular complexity index is 1160. The van der Waals surface area contributed by atoms with Gasteiger partial charge in [0.15, 0.2) is 0 Å². The lowest BCUT2D eigenvalue weighted by molar-refractivity contribution is -0.144. The number of fused-ring (bicyclic) bond motifs is 1. The number of nitrogens with zero attached hydrogens (tertiary/aromatic N) is 2. The highest BCUT2D eigenvalue weighted by atomic mass is 16.6. The van der Waals surface area contributed by atoms with Crippen LogP contribution in [-0.4, -0.2) is 95.3 Å². The quantitative estimate of drug-likeness (QED) is 0.284. The number of nitrogens with two attached hydrogens (primary N) is 1. The second-order valence-electron chi connectivity index (χ2n) is 16.0. The van der Waals surface area contributed by atoms with Gasteiger partial charge in [0.1, 0.15) is 17.7 Å². The highest BCUT2D eigenvalue weighted by Gasteiger charge is 2.69. The Morgan fingerprint density at radius 3 is 1.93 bits per heavy atom. The molecule has 1 aliphatic carbocycles. The van der Waals surface area contributed by atoms with Crippen LogP contribution in [0, 0.1) is 28.1 Å². The van der Waals surface area contributed by atoms with Gasteiger partial charge in [-0.2, -0.15) is 0 Å². The summed E-state index contributed by atoms with van der Waals surface area (Å²) in [5.41, 5.74) is 3.03. The number of ketones is 1. The number of hydrogen-bond acceptors (Lipinski definition) is 7. The van der Waals surface area contributed by atoms with Crippen LogP contribution < -0.4 is 21.7 Å². The van der Waals surface area contributed by atoms with Crippen molar-refractivity contribution in [1.29, 1.82) is 0 Å². The summed E-state index contributed by atoms with van der Waals surface area (Å²) in [6, 6.07) is -4.13. The zero-order valence-corrected chi connectivity index (χ0v) is 28.7. The van der Waals surface area contributed by atoms with Gasteiger partial charge in [0, 0.05) is 20.1 Å². The smallest absolute Gasteiger partial charge is 0.410 e. The maximum absolute atomic E-state index is 14.1. The fraction of sp³-hybridized carbons (Fsp3) is 0.806. The Balaban J connectivity index is 2.26. The van der Waals surface area contributed by atoms with E-state index in [-0.39, 0.29) is 23.8 Å². The first kappa shape index (κ1) is 36.8. The molecule has 44 heavy (non-hydrogen) atoms. The molecule has 1 saturated carbocycles. The Labute approximate surface area is 261 Å². The second-order valence-corrected chi connectivity index (χ2v) is 16.0. The summed E-state index contributed by atoms with van der Waals surface area (Å²) in [6.45, 7) is 22.5. The summed E-state index contributed by atoms with van der Waals surface area (Å²) < 4.78 is 5.45. The first-order chi connectivity index (χ1) is 19.7. The molecule has 0 radical (unpaired) electrons. The van der Waals surface area contributed by atoms with Crippen molar-refractivity contribution in [3.05, 3.63) is 0 Å². The molecule has 6 atom stereocenters. The normalized spacial score (nSPS) is 22.9. The minimum absolute atomic E-state index is 0.0625. The third kappa shape index (κ3) is 8.62. The standard InChI is InChI=1S/C31H54N6O7/c1-16(21(38)23(32)39)33-24(40)20-19-17(31(19,11)12)14-37(20)25(41)22(29(5,6)7)35-26(42)34-18(28(2,3)4)15-36(13)27(43)44-30(8,9)10/h16-20,22H,14-15H2,1-13H3,(H2,32,39)(H,33,40)(H2,34,35,42)/t16?,17-,18+,19-,20-,22+/m0/s1. The van der Waals surface area contributed by atoms with E-state index in [9.17, 15) is 28.8 Å². The van der Waals surface area contributed by atoms with E-state index in [2.05, 4.69) is 16.0 Å². The number of urea groups is 1. The lowest BCUT2D eigenvalue weighted by Gasteiger charge is -2.39. The molecule has 0 aromatic carbocycles. The number of nitrogens with one attached hydrogen (secondary N) is 3. The maximum Gasteiger partial charge on any atom is 0.410 e. The molecule has 1 unspecified atom stereocenters. The molecule has 0 bridgehead atoms. The molecule has 1 saturated heterocycles. The lowest BCUT2D eigenvalue weighted by Crippen LogP contribution is -2.62. The molecule has 0 aromatic rings. The molecule has 2 fully saturated rings. The average molecular weight is 623 g/mol. The van der Waals surface area contributed by atoms with E-state index in [0.29, 0.717) is 6.54 Å². The van der Waals surface area contributed by atoms with E-state index in [1.807, 2.05) is 55.4 Å². The lowest BCUT2D eigenvalue weighted by atomic mass is 9.85. The molecule has 2 aliphatic rings. The predicted molar refractivity (Wildman–Crippen MR) is 165 cm³/mol. The third-order valence-electron chi connectivity index (χ3n) is 8.66. The number of ether oxygens (including phenoxy) is 1. The van der Waals surface area contributed by atoms with Crippen LogP contribution in [0.5, 0.6) is 0 Å². The second kappa shape index (κ2) is 12.5. The van der Waals surface area contributed by atoms with Crippen molar-refractivity contribution in [2.24, 2.45) is 33.8 Å². The summed E-state index contributed by atoms with van der Waals surface area (Å²) in [6.07, 6.45) is -0.525. The van der Waals surface area contributed by atoms with E-state index in [4.69, 9.17) is 10.5 Å². The number of carbonyl (C=O) groups excluding carboxylic acids is 6. The number of amides is 6. The average Bonchev–Trinajstić information content (AvgIpc) is 3.17. The van der Waals surface area contributed by atoms with E-state index in [1.54, 1.807) is 27.8 Å². The number of primary amides is 1. The maximum atomic E-state index is 14.1. The number of hydrogen-bond donors (Lipinski definition) is 4. The summed E-state index contributed by atoms with van der Waals surface area (Å²) in [5, 5.41) is 8.33. The van der Waals surface area contributed by atoms with Crippen molar-refractivity contribution >= 4 is 35.6 Å². The number of rotatable bonds is 9. The van der Waals surface area contributed by atoms with Crippen molar-refractivity contribution in [3.8, 4) is 0 Å². The Morgan fingerprint density at radius 2 is 1.48 bits per heavy atom. The minimum atomic E-state index is -1.16. The fourth-order valence-electron chi connectivity index (χ4n) is 5.76. The molecule has 1 aliphatic heterocycles. The summed E-state index contributed by atoms with van der Waals surface area (Å²) in [4.78, 5) is 79.9. The van der Waals surface area contributed by atoms with Gasteiger partial charge < -0.3 is 36.2 Å². The van der Waals surface area contributed by atoms with Crippen molar-refractivity contribution in [2.75, 3.05) is 20.1 Å². The van der Waals surface area contributed by atoms with E-state index >= 15 is 0 Å². The minimum Gasteiger partial charge on any atom is -0.444 e. The molecular weight excluding hydrogens is 568 g/mol. The van der Waals surface area contributed by atoms with Gasteiger partial charge in [-0.15, -0.1) is 0 Å². The monoisotopic (exact) mass is 622 g/mol. The van der Waals surface area contributed by atoms with Crippen LogP contribution in [0.25, 0.3) is 0 Å². The Morgan fingerprint density at radius 1 is 0.932 bits per heavy atom. The number of piperidine rings is 1. The molecule has 0 aromatic heterocycles. The van der Waals surface area contributed by atoms with Gasteiger partial charge in [-0.3, -0.25) is 19.2 Å². The molecular formula is C31H54N6O7. The number of likely N-dealkylation sites (N-methyl/N-ethyl adjacent to an activating group) is 1. The molecule has 2 rings (SSSR count). The number of likely N-dealkylation sites (tertiary alicyclic amines) is 1. The van der Waals surface area contributed by atoms with Gasteiger partial charge in [0.05, 0.1) is 12.1 Å². The molecule has 5 N–H and O–H groups in total. The third-order valence-corrected chi connectivity index (χ3v) is 8.66. The zero-order chi connectivity index (χ0) is 34.3. The van der Waals surface area contributed by atoms with E-state index < -0.39 is 76.2 Å². The van der Waals surface area contributed by atoms with Crippen LogP contribution in [0.2, 0.25) is 0 Å². The highest BCUT2D eigenvalue weighted by molar-refractivity contribution is 6.37. The van der Waals surface area contributed by atoms with Crippen molar-refractivity contribution in [2.45, 2.75) is 113 Å². The summed E-state index contributed by atoms with van der Waals surface area (Å²) >= 11 is 0. The molecule has 1 heterocycles. The van der Waals surface area contributed by atoms with Crippen molar-refractivity contribution in [3.63, 3.8) is 0 Å². The largest absolute Gasteiger partial charge is 0.444 e. The van der Waals surface area contributed by atoms with Gasteiger partial charge in [-0.1, -0.05) is 55.4 Å². The first-order valence-corrected chi connectivity index (χ1v) is 15.2. The van der Waals surface area contributed by atoms with Crippen LogP contribution in [0.15, 0.2) is 0 Å². The predicted octanol–water partition coefficient (Wildman–Crippen LogP) is 2.02. The molecule has 250 valence electrons. The van der Waals surface area contributed by atoms with Crippen LogP contribution in [0.4, 0.5) is 9.59 Å². The van der Waals surface area contributed by atoms with Crippen LogP contribution in [0.3, 0.4) is 0 Å². The highest BCUT2D eigenvalue weighted by Crippen LogP contribution is 2.65. The summed E-state index contributed by atoms with van der Waals surface area (Å²) in [5.74, 6) is -3.15. The Kier molecular flexibility index (Phi) is 10.5.